The lowest BCUT2D eigenvalue weighted by Crippen LogP contribution is -2.13. The fraction of sp³-hybridized carbons (Fsp3) is 0.909. The Bertz CT molecular complexity index is 207. The van der Waals surface area contributed by atoms with Crippen LogP contribution in [0.15, 0.2) is 0 Å². The molecule has 2 nitrogen and oxygen atoms in total. The van der Waals surface area contributed by atoms with Crippen molar-refractivity contribution in [2.45, 2.75) is 57.1 Å². The summed E-state index contributed by atoms with van der Waals surface area (Å²) >= 11 is 0. The number of ketones is 1. The van der Waals surface area contributed by atoms with E-state index in [1.807, 2.05) is 0 Å². The van der Waals surface area contributed by atoms with Crippen LogP contribution in [0.4, 0.5) is 0 Å². The summed E-state index contributed by atoms with van der Waals surface area (Å²) in [5, 5.41) is 0.465. The first-order chi connectivity index (χ1) is 6.70. The first kappa shape index (κ1) is 11.9. The largest absolute Gasteiger partial charge is 0.300 e. The van der Waals surface area contributed by atoms with Gasteiger partial charge in [0.25, 0.3) is 0 Å². The maximum atomic E-state index is 11.7. The molecule has 0 heterocycles. The number of hydrogen-bond acceptors (Lipinski definition) is 2. The number of carbonyl (C=O) groups excluding carboxylic acids is 1. The van der Waals surface area contributed by atoms with E-state index in [2.05, 4.69) is 0 Å². The Morgan fingerprint density at radius 3 is 2.50 bits per heavy atom. The third-order valence-corrected chi connectivity index (χ3v) is 4.70. The third kappa shape index (κ3) is 4.36. The van der Waals surface area contributed by atoms with Gasteiger partial charge < -0.3 is 4.79 Å². The van der Waals surface area contributed by atoms with Crippen LogP contribution in [0.2, 0.25) is 0 Å². The van der Waals surface area contributed by atoms with E-state index in [1.54, 1.807) is 6.92 Å². The summed E-state index contributed by atoms with van der Waals surface area (Å²) in [5.74, 6) is 1.05. The van der Waals surface area contributed by atoms with Gasteiger partial charge in [0.1, 0.15) is 5.78 Å². The molecule has 0 bridgehead atoms. The van der Waals surface area contributed by atoms with E-state index in [0.29, 0.717) is 11.7 Å². The summed E-state index contributed by atoms with van der Waals surface area (Å²) in [5.41, 5.74) is 0. The first-order valence-corrected chi connectivity index (χ1v) is 6.95. The van der Waals surface area contributed by atoms with Crippen LogP contribution in [-0.2, 0) is 15.6 Å². The molecule has 0 amide bonds. The molecule has 1 unspecified atom stereocenters. The second-order valence-electron chi connectivity index (χ2n) is 4.15. The molecule has 1 rings (SSSR count). The van der Waals surface area contributed by atoms with Gasteiger partial charge in [0.2, 0.25) is 0 Å². The predicted molar refractivity (Wildman–Crippen MR) is 59.8 cm³/mol. The van der Waals surface area contributed by atoms with Gasteiger partial charge in [-0.1, -0.05) is 12.8 Å². The van der Waals surface area contributed by atoms with Crippen molar-refractivity contribution in [3.8, 4) is 0 Å². The van der Waals surface area contributed by atoms with Gasteiger partial charge in [-0.25, -0.2) is 0 Å². The van der Waals surface area contributed by atoms with Crippen molar-refractivity contribution in [1.29, 1.82) is 0 Å². The molecule has 14 heavy (non-hydrogen) atoms. The molecule has 0 aromatic rings. The van der Waals surface area contributed by atoms with Crippen molar-refractivity contribution in [3.05, 3.63) is 0 Å². The van der Waals surface area contributed by atoms with Crippen molar-refractivity contribution in [2.24, 2.45) is 0 Å². The molecule has 1 aliphatic carbocycles. The number of rotatable bonds is 6. The van der Waals surface area contributed by atoms with E-state index in [1.165, 1.54) is 12.8 Å². The summed E-state index contributed by atoms with van der Waals surface area (Å²) < 4.78 is 11.7. The van der Waals surface area contributed by atoms with Gasteiger partial charge in [-0.05, 0) is 32.6 Å². The van der Waals surface area contributed by atoms with Crippen LogP contribution in [0.1, 0.15) is 51.9 Å². The van der Waals surface area contributed by atoms with Crippen LogP contribution >= 0.6 is 0 Å². The molecule has 0 aromatic carbocycles. The predicted octanol–water partition coefficient (Wildman–Crippen LogP) is 2.44. The van der Waals surface area contributed by atoms with Gasteiger partial charge in [0.05, 0.1) is 0 Å². The van der Waals surface area contributed by atoms with Gasteiger partial charge in [0, 0.05) is 28.2 Å². The summed E-state index contributed by atoms with van der Waals surface area (Å²) in [6.07, 6.45) is 7.32. The van der Waals surface area contributed by atoms with Gasteiger partial charge in [-0.15, -0.1) is 0 Å². The molecule has 0 N–H and O–H groups in total. The Labute approximate surface area is 88.9 Å². The zero-order valence-electron chi connectivity index (χ0n) is 8.96. The van der Waals surface area contributed by atoms with Crippen LogP contribution in [0.3, 0.4) is 0 Å². The Hall–Kier alpha value is -0.180. The minimum atomic E-state index is -0.621. The Morgan fingerprint density at radius 1 is 1.29 bits per heavy atom. The monoisotopic (exact) mass is 216 g/mol. The maximum absolute atomic E-state index is 11.7. The average Bonchev–Trinajstić information content (AvgIpc) is 2.64. The molecule has 1 saturated carbocycles. The highest BCUT2D eigenvalue weighted by Gasteiger charge is 2.20. The summed E-state index contributed by atoms with van der Waals surface area (Å²) in [6, 6.07) is 0. The maximum Gasteiger partial charge on any atom is 0.129 e. The highest BCUT2D eigenvalue weighted by molar-refractivity contribution is 7.85. The SMILES string of the molecule is CC(=O)CCCCS(=O)C1CCCC1. The van der Waals surface area contributed by atoms with Gasteiger partial charge in [0.15, 0.2) is 0 Å². The van der Waals surface area contributed by atoms with E-state index < -0.39 is 10.8 Å². The van der Waals surface area contributed by atoms with E-state index in [4.69, 9.17) is 0 Å². The topological polar surface area (TPSA) is 34.1 Å². The second-order valence-corrected chi connectivity index (χ2v) is 5.99. The molecule has 1 fully saturated rings. The van der Waals surface area contributed by atoms with Gasteiger partial charge >= 0.3 is 0 Å². The fourth-order valence-corrected chi connectivity index (χ4v) is 3.62. The number of hydrogen-bond donors (Lipinski definition) is 0. The number of unbranched alkanes of at least 4 members (excludes halogenated alkanes) is 1. The van der Waals surface area contributed by atoms with Crippen LogP contribution in [-0.4, -0.2) is 21.0 Å². The van der Waals surface area contributed by atoms with Crippen LogP contribution in [0.25, 0.3) is 0 Å². The van der Waals surface area contributed by atoms with Crippen LogP contribution in [0, 0.1) is 0 Å². The second kappa shape index (κ2) is 6.33. The smallest absolute Gasteiger partial charge is 0.129 e. The summed E-state index contributed by atoms with van der Waals surface area (Å²) in [6.45, 7) is 1.62. The van der Waals surface area contributed by atoms with Crippen molar-refractivity contribution in [3.63, 3.8) is 0 Å². The van der Waals surface area contributed by atoms with Crippen molar-refractivity contribution < 1.29 is 9.00 Å². The minimum absolute atomic E-state index is 0.247. The van der Waals surface area contributed by atoms with Crippen molar-refractivity contribution >= 4 is 16.6 Å². The van der Waals surface area contributed by atoms with Crippen LogP contribution < -0.4 is 0 Å². The molecule has 1 aliphatic rings. The van der Waals surface area contributed by atoms with Gasteiger partial charge in [-0.2, -0.15) is 0 Å². The Morgan fingerprint density at radius 2 is 1.93 bits per heavy atom. The lowest BCUT2D eigenvalue weighted by atomic mass is 10.2. The lowest BCUT2D eigenvalue weighted by molar-refractivity contribution is -0.117. The molecule has 0 aliphatic heterocycles. The normalized spacial score (nSPS) is 19.8. The molecular weight excluding hydrogens is 196 g/mol. The standard InChI is InChI=1S/C11H20O2S/c1-10(12)6-4-5-9-14(13)11-7-2-3-8-11/h11H,2-9H2,1H3. The number of Topliss-reactive ketones (excluding diaryl/α,β-unsaturated/α-hetero) is 1. The van der Waals surface area contributed by atoms with Crippen molar-refractivity contribution in [2.75, 3.05) is 5.75 Å². The minimum Gasteiger partial charge on any atom is -0.300 e. The quantitative estimate of drug-likeness (QED) is 0.639. The van der Waals surface area contributed by atoms with Crippen molar-refractivity contribution in [1.82, 2.24) is 0 Å². The highest BCUT2D eigenvalue weighted by Crippen LogP contribution is 2.23. The number of carbonyl (C=O) groups is 1. The Kier molecular flexibility index (Phi) is 5.38. The molecule has 0 spiro atoms. The van der Waals surface area contributed by atoms with Gasteiger partial charge in [-0.3, -0.25) is 4.21 Å². The zero-order chi connectivity index (χ0) is 10.4. The third-order valence-electron chi connectivity index (χ3n) is 2.80. The van der Waals surface area contributed by atoms with Crippen LogP contribution in [0.5, 0.6) is 0 Å². The lowest BCUT2D eigenvalue weighted by Gasteiger charge is -2.08. The van der Waals surface area contributed by atoms with E-state index in [9.17, 15) is 9.00 Å². The molecular formula is C11H20O2S. The zero-order valence-corrected chi connectivity index (χ0v) is 9.78. The highest BCUT2D eigenvalue weighted by atomic mass is 32.2. The molecule has 3 heteroatoms. The summed E-state index contributed by atoms with van der Waals surface area (Å²) in [7, 11) is -0.621. The van der Waals surface area contributed by atoms with E-state index >= 15 is 0 Å². The van der Waals surface area contributed by atoms with E-state index in [-0.39, 0.29) is 5.78 Å². The molecule has 82 valence electrons. The molecule has 0 saturated heterocycles. The Balaban J connectivity index is 2.05. The first-order valence-electron chi connectivity index (χ1n) is 5.57. The fourth-order valence-electron chi connectivity index (χ4n) is 1.94. The molecule has 1 atom stereocenters. The summed E-state index contributed by atoms with van der Waals surface area (Å²) in [4.78, 5) is 10.7. The molecule has 0 aromatic heterocycles. The van der Waals surface area contributed by atoms with E-state index in [0.717, 1.165) is 31.4 Å². The molecule has 0 radical (unpaired) electrons. The average molecular weight is 216 g/mol.